The lowest BCUT2D eigenvalue weighted by atomic mass is 9.94. The summed E-state index contributed by atoms with van der Waals surface area (Å²) in [7, 11) is 2.86. The Labute approximate surface area is 153 Å². The van der Waals surface area contributed by atoms with Crippen LogP contribution in [0.5, 0.6) is 11.5 Å². The zero-order valence-corrected chi connectivity index (χ0v) is 15.4. The van der Waals surface area contributed by atoms with Gasteiger partial charge in [-0.1, -0.05) is 49.4 Å². The van der Waals surface area contributed by atoms with Crippen molar-refractivity contribution in [3.8, 4) is 11.5 Å². The second kappa shape index (κ2) is 9.61. The normalized spacial score (nSPS) is 11.5. The van der Waals surface area contributed by atoms with Crippen LogP contribution in [0.4, 0.5) is 0 Å². The van der Waals surface area contributed by atoms with Crippen LogP contribution in [0.1, 0.15) is 24.5 Å². The second-order valence-electron chi connectivity index (χ2n) is 6.05. The Kier molecular flexibility index (Phi) is 7.21. The van der Waals surface area contributed by atoms with Crippen molar-refractivity contribution in [1.29, 1.82) is 0 Å². The quantitative estimate of drug-likeness (QED) is 0.508. The fraction of sp³-hybridized carbons (Fsp3) is 0.333. The SMILES string of the molecule is COC(=O)CC(=O)C(C)Cc1cccc(OC)c1OCc1ccccc1. The number of benzene rings is 2. The third kappa shape index (κ3) is 5.34. The van der Waals surface area contributed by atoms with Gasteiger partial charge in [-0.3, -0.25) is 9.59 Å². The Balaban J connectivity index is 2.14. The Morgan fingerprint density at radius 1 is 1.00 bits per heavy atom. The van der Waals surface area contributed by atoms with Crippen LogP contribution in [0.15, 0.2) is 48.5 Å². The molecule has 0 aliphatic heterocycles. The van der Waals surface area contributed by atoms with Crippen LogP contribution >= 0.6 is 0 Å². The Morgan fingerprint density at radius 2 is 1.73 bits per heavy atom. The molecule has 0 spiro atoms. The average Bonchev–Trinajstić information content (AvgIpc) is 2.67. The minimum Gasteiger partial charge on any atom is -0.493 e. The maximum atomic E-state index is 12.2. The molecule has 0 radical (unpaired) electrons. The fourth-order valence-electron chi connectivity index (χ4n) is 2.61. The van der Waals surface area contributed by atoms with Crippen molar-refractivity contribution in [2.24, 2.45) is 5.92 Å². The molecule has 0 aliphatic carbocycles. The monoisotopic (exact) mass is 356 g/mol. The highest BCUT2D eigenvalue weighted by atomic mass is 16.5. The van der Waals surface area contributed by atoms with E-state index in [-0.39, 0.29) is 18.1 Å². The molecule has 0 saturated heterocycles. The summed E-state index contributed by atoms with van der Waals surface area (Å²) in [6.07, 6.45) is 0.235. The molecule has 0 heterocycles. The third-order valence-corrected chi connectivity index (χ3v) is 4.13. The molecule has 2 aromatic carbocycles. The summed E-state index contributed by atoms with van der Waals surface area (Å²) >= 11 is 0. The van der Waals surface area contributed by atoms with E-state index in [0.29, 0.717) is 24.5 Å². The van der Waals surface area contributed by atoms with E-state index in [0.717, 1.165) is 11.1 Å². The van der Waals surface area contributed by atoms with Gasteiger partial charge in [-0.05, 0) is 23.6 Å². The van der Waals surface area contributed by atoms with Crippen LogP contribution in [0, 0.1) is 5.92 Å². The largest absolute Gasteiger partial charge is 0.493 e. The number of rotatable bonds is 9. The van der Waals surface area contributed by atoms with Crippen molar-refractivity contribution in [3.63, 3.8) is 0 Å². The third-order valence-electron chi connectivity index (χ3n) is 4.13. The number of Topliss-reactive ketones (excluding diaryl/α,β-unsaturated/α-hetero) is 1. The zero-order chi connectivity index (χ0) is 18.9. The zero-order valence-electron chi connectivity index (χ0n) is 15.4. The molecule has 0 fully saturated rings. The first-order chi connectivity index (χ1) is 12.5. The number of ether oxygens (including phenoxy) is 3. The van der Waals surface area contributed by atoms with Gasteiger partial charge >= 0.3 is 5.97 Å². The molecule has 0 amide bonds. The molecule has 5 heteroatoms. The summed E-state index contributed by atoms with van der Waals surface area (Å²) in [5.41, 5.74) is 1.91. The standard InChI is InChI=1S/C21H24O5/c1-15(18(22)13-20(23)25-3)12-17-10-7-11-19(24-2)21(17)26-14-16-8-5-4-6-9-16/h4-11,15H,12-14H2,1-3H3. The fourth-order valence-corrected chi connectivity index (χ4v) is 2.61. The molecular weight excluding hydrogens is 332 g/mol. The number of ketones is 1. The highest BCUT2D eigenvalue weighted by Gasteiger charge is 2.20. The lowest BCUT2D eigenvalue weighted by Crippen LogP contribution is -2.18. The number of hydrogen-bond donors (Lipinski definition) is 0. The molecule has 0 aliphatic rings. The van der Waals surface area contributed by atoms with Crippen molar-refractivity contribution in [3.05, 3.63) is 59.7 Å². The van der Waals surface area contributed by atoms with Gasteiger partial charge in [0.1, 0.15) is 18.8 Å². The van der Waals surface area contributed by atoms with Crippen LogP contribution in [-0.2, 0) is 27.4 Å². The molecule has 0 bridgehead atoms. The summed E-state index contributed by atoms with van der Waals surface area (Å²) < 4.78 is 16.0. The summed E-state index contributed by atoms with van der Waals surface area (Å²) in [5, 5.41) is 0. The first-order valence-corrected chi connectivity index (χ1v) is 8.47. The van der Waals surface area contributed by atoms with Gasteiger partial charge in [0.05, 0.1) is 14.2 Å². The van der Waals surface area contributed by atoms with Crippen LogP contribution in [0.25, 0.3) is 0 Å². The first kappa shape index (κ1) is 19.5. The molecule has 2 aromatic rings. The van der Waals surface area contributed by atoms with E-state index in [2.05, 4.69) is 4.74 Å². The lowest BCUT2D eigenvalue weighted by Gasteiger charge is -2.17. The van der Waals surface area contributed by atoms with Crippen molar-refractivity contribution < 1.29 is 23.8 Å². The molecule has 0 aromatic heterocycles. The van der Waals surface area contributed by atoms with Gasteiger partial charge in [0.15, 0.2) is 11.5 Å². The lowest BCUT2D eigenvalue weighted by molar-refractivity contribution is -0.144. The van der Waals surface area contributed by atoms with Gasteiger partial charge in [-0.15, -0.1) is 0 Å². The molecule has 0 saturated carbocycles. The molecule has 26 heavy (non-hydrogen) atoms. The van der Waals surface area contributed by atoms with Gasteiger partial charge < -0.3 is 14.2 Å². The molecule has 1 atom stereocenters. The number of para-hydroxylation sites is 1. The van der Waals surface area contributed by atoms with Crippen molar-refractivity contribution in [2.45, 2.75) is 26.4 Å². The van der Waals surface area contributed by atoms with Crippen molar-refractivity contribution in [1.82, 2.24) is 0 Å². The van der Waals surface area contributed by atoms with Gasteiger partial charge in [-0.25, -0.2) is 0 Å². The van der Waals surface area contributed by atoms with Gasteiger partial charge in [0.25, 0.3) is 0 Å². The minimum absolute atomic E-state index is 0.159. The topological polar surface area (TPSA) is 61.8 Å². The maximum Gasteiger partial charge on any atom is 0.313 e. The van der Waals surface area contributed by atoms with Crippen molar-refractivity contribution >= 4 is 11.8 Å². The second-order valence-corrected chi connectivity index (χ2v) is 6.05. The summed E-state index contributed by atoms with van der Waals surface area (Å²) in [6, 6.07) is 15.4. The van der Waals surface area contributed by atoms with E-state index in [1.165, 1.54) is 7.11 Å². The smallest absolute Gasteiger partial charge is 0.313 e. The van der Waals surface area contributed by atoms with E-state index in [4.69, 9.17) is 9.47 Å². The summed E-state index contributed by atoms with van der Waals surface area (Å²) in [6.45, 7) is 2.20. The Morgan fingerprint density at radius 3 is 2.38 bits per heavy atom. The number of methoxy groups -OCH3 is 2. The van der Waals surface area contributed by atoms with Crippen LogP contribution < -0.4 is 9.47 Å². The minimum atomic E-state index is -0.520. The van der Waals surface area contributed by atoms with Gasteiger partial charge in [-0.2, -0.15) is 0 Å². The number of hydrogen-bond acceptors (Lipinski definition) is 5. The highest BCUT2D eigenvalue weighted by molar-refractivity contribution is 5.96. The van der Waals surface area contributed by atoms with Crippen LogP contribution in [-0.4, -0.2) is 26.0 Å². The molecule has 5 nitrogen and oxygen atoms in total. The van der Waals surface area contributed by atoms with E-state index < -0.39 is 5.97 Å². The maximum absolute atomic E-state index is 12.2. The Hall–Kier alpha value is -2.82. The molecular formula is C21H24O5. The predicted molar refractivity (Wildman–Crippen MR) is 98.3 cm³/mol. The number of carbonyl (C=O) groups is 2. The predicted octanol–water partition coefficient (Wildman–Crippen LogP) is 3.59. The average molecular weight is 356 g/mol. The number of esters is 1. The van der Waals surface area contributed by atoms with E-state index in [9.17, 15) is 9.59 Å². The molecule has 2 rings (SSSR count). The molecule has 138 valence electrons. The van der Waals surface area contributed by atoms with E-state index >= 15 is 0 Å². The highest BCUT2D eigenvalue weighted by Crippen LogP contribution is 2.33. The first-order valence-electron chi connectivity index (χ1n) is 8.47. The molecule has 1 unspecified atom stereocenters. The summed E-state index contributed by atoms with van der Waals surface area (Å²) in [4.78, 5) is 23.5. The van der Waals surface area contributed by atoms with Crippen LogP contribution in [0.2, 0.25) is 0 Å². The Bertz CT molecular complexity index is 739. The van der Waals surface area contributed by atoms with Crippen molar-refractivity contribution in [2.75, 3.05) is 14.2 Å². The van der Waals surface area contributed by atoms with E-state index in [1.54, 1.807) is 14.0 Å². The summed E-state index contributed by atoms with van der Waals surface area (Å²) in [5.74, 6) is 0.227. The molecule has 0 N–H and O–H groups in total. The van der Waals surface area contributed by atoms with E-state index in [1.807, 2.05) is 48.5 Å². The van der Waals surface area contributed by atoms with Gasteiger partial charge in [0.2, 0.25) is 0 Å². The van der Waals surface area contributed by atoms with Gasteiger partial charge in [0, 0.05) is 5.92 Å². The van der Waals surface area contributed by atoms with Crippen LogP contribution in [0.3, 0.4) is 0 Å². The number of carbonyl (C=O) groups excluding carboxylic acids is 2.